The first-order valence-electron chi connectivity index (χ1n) is 8.86. The van der Waals surface area contributed by atoms with Gasteiger partial charge < -0.3 is 10.2 Å². The summed E-state index contributed by atoms with van der Waals surface area (Å²) in [7, 11) is -1.62. The van der Waals surface area contributed by atoms with E-state index < -0.39 is 15.7 Å². The number of fused-ring (bicyclic) bond motifs is 1. The summed E-state index contributed by atoms with van der Waals surface area (Å²) in [5, 5.41) is 10.5. The first kappa shape index (κ1) is 19.7. The van der Waals surface area contributed by atoms with E-state index >= 15 is 0 Å². The normalized spacial score (nSPS) is 11.6. The van der Waals surface area contributed by atoms with Crippen molar-refractivity contribution in [3.8, 4) is 0 Å². The summed E-state index contributed by atoms with van der Waals surface area (Å²) in [6, 6.07) is 7.94. The second-order valence-electron chi connectivity index (χ2n) is 6.83. The molecule has 4 aromatic rings. The molecule has 0 aliphatic heterocycles. The van der Waals surface area contributed by atoms with Gasteiger partial charge >= 0.3 is 0 Å². The summed E-state index contributed by atoms with van der Waals surface area (Å²) < 4.78 is 37.4. The Balaban J connectivity index is 1.66. The number of aromatic amines is 1. The number of nitrogens with one attached hydrogen (secondary N) is 2. The molecule has 0 fully saturated rings. The van der Waals surface area contributed by atoms with Crippen LogP contribution in [0.1, 0.15) is 5.56 Å². The topological polar surface area (TPSA) is 117 Å². The number of anilines is 4. The number of rotatable bonds is 5. The predicted octanol–water partition coefficient (Wildman–Crippen LogP) is 3.11. The molecule has 0 unspecified atom stereocenters. The van der Waals surface area contributed by atoms with Crippen molar-refractivity contribution in [2.45, 2.75) is 11.8 Å². The van der Waals surface area contributed by atoms with Crippen molar-refractivity contribution in [2.24, 2.45) is 0 Å². The second kappa shape index (κ2) is 7.34. The van der Waals surface area contributed by atoms with Crippen LogP contribution in [-0.2, 0) is 9.84 Å². The van der Waals surface area contributed by atoms with Gasteiger partial charge in [-0.3, -0.25) is 5.10 Å². The average Bonchev–Trinajstić information content (AvgIpc) is 3.09. The number of H-pyrrole nitrogens is 1. The van der Waals surface area contributed by atoms with Gasteiger partial charge in [0.05, 0.1) is 16.5 Å². The quantitative estimate of drug-likeness (QED) is 0.499. The molecule has 3 aromatic heterocycles. The Morgan fingerprint density at radius 3 is 2.73 bits per heavy atom. The Labute approximate surface area is 171 Å². The molecule has 0 saturated heterocycles. The predicted molar refractivity (Wildman–Crippen MR) is 112 cm³/mol. The lowest BCUT2D eigenvalue weighted by atomic mass is 10.2. The van der Waals surface area contributed by atoms with Crippen LogP contribution in [0.3, 0.4) is 0 Å². The third kappa shape index (κ3) is 3.92. The number of hydrogen-bond donors (Lipinski definition) is 2. The van der Waals surface area contributed by atoms with Crippen LogP contribution < -0.4 is 10.2 Å². The van der Waals surface area contributed by atoms with E-state index in [-0.39, 0.29) is 10.8 Å². The lowest BCUT2D eigenvalue weighted by Gasteiger charge is -2.16. The van der Waals surface area contributed by atoms with Crippen LogP contribution in [0.2, 0.25) is 0 Å². The third-order valence-corrected chi connectivity index (χ3v) is 5.49. The van der Waals surface area contributed by atoms with Crippen molar-refractivity contribution < 1.29 is 12.8 Å². The molecule has 0 amide bonds. The van der Waals surface area contributed by atoms with Crippen molar-refractivity contribution in [3.05, 3.63) is 54.1 Å². The third-order valence-electron chi connectivity index (χ3n) is 4.40. The van der Waals surface area contributed by atoms with Crippen LogP contribution in [0.15, 0.2) is 47.6 Å². The fourth-order valence-electron chi connectivity index (χ4n) is 2.99. The molecule has 4 rings (SSSR count). The summed E-state index contributed by atoms with van der Waals surface area (Å²) in [5.41, 5.74) is 1.79. The molecule has 0 saturated carbocycles. The molecule has 0 aliphatic carbocycles. The number of nitrogens with zero attached hydrogens (tertiary/aromatic N) is 5. The fraction of sp³-hybridized carbons (Fsp3) is 0.158. The van der Waals surface area contributed by atoms with Gasteiger partial charge in [-0.25, -0.2) is 22.8 Å². The maximum Gasteiger partial charge on any atom is 0.229 e. The Hall–Kier alpha value is -3.60. The van der Waals surface area contributed by atoms with Crippen LogP contribution >= 0.6 is 0 Å². The Morgan fingerprint density at radius 2 is 1.97 bits per heavy atom. The van der Waals surface area contributed by atoms with E-state index in [4.69, 9.17) is 0 Å². The summed E-state index contributed by atoms with van der Waals surface area (Å²) in [5.74, 6) is 0.760. The molecular formula is C19H18FN7O2S. The van der Waals surface area contributed by atoms with Crippen LogP contribution in [-0.4, -0.2) is 46.9 Å². The number of benzene rings is 1. The molecular weight excluding hydrogens is 409 g/mol. The van der Waals surface area contributed by atoms with Gasteiger partial charge in [0.2, 0.25) is 5.95 Å². The first-order chi connectivity index (χ1) is 14.2. The highest BCUT2D eigenvalue weighted by Crippen LogP contribution is 2.28. The molecule has 2 N–H and O–H groups in total. The summed E-state index contributed by atoms with van der Waals surface area (Å²) in [4.78, 5) is 14.5. The van der Waals surface area contributed by atoms with Crippen molar-refractivity contribution in [2.75, 3.05) is 23.5 Å². The minimum absolute atomic E-state index is 0.204. The van der Waals surface area contributed by atoms with E-state index in [2.05, 4.69) is 30.5 Å². The lowest BCUT2D eigenvalue weighted by molar-refractivity contribution is 0.602. The smallest absolute Gasteiger partial charge is 0.229 e. The average molecular weight is 427 g/mol. The maximum absolute atomic E-state index is 13.6. The summed E-state index contributed by atoms with van der Waals surface area (Å²) in [6.45, 7) is 1.81. The van der Waals surface area contributed by atoms with Gasteiger partial charge in [0.1, 0.15) is 11.6 Å². The minimum atomic E-state index is -3.35. The van der Waals surface area contributed by atoms with E-state index in [9.17, 15) is 12.8 Å². The molecule has 9 nitrogen and oxygen atoms in total. The first-order valence-corrected chi connectivity index (χ1v) is 10.7. The van der Waals surface area contributed by atoms with E-state index in [1.807, 2.05) is 0 Å². The van der Waals surface area contributed by atoms with E-state index in [1.54, 1.807) is 43.3 Å². The molecule has 1 aromatic carbocycles. The van der Waals surface area contributed by atoms with Gasteiger partial charge in [-0.1, -0.05) is 0 Å². The standard InChI is InChI=1S/C19H18FN7O2S/c1-11-6-13(9-14(7-11)30(3,28)29)23-19-21-5-4-16(24-19)27(2)18-15-8-12(20)10-22-17(15)25-26-18/h4-10H,1-3H3,(H,21,23,24)(H,22,25,26). The second-order valence-corrected chi connectivity index (χ2v) is 8.84. The largest absolute Gasteiger partial charge is 0.324 e. The molecule has 0 aliphatic rings. The van der Waals surface area contributed by atoms with E-state index in [1.165, 1.54) is 12.1 Å². The van der Waals surface area contributed by atoms with Crippen LogP contribution in [0.25, 0.3) is 11.0 Å². The summed E-state index contributed by atoms with van der Waals surface area (Å²) >= 11 is 0. The van der Waals surface area contributed by atoms with Crippen molar-refractivity contribution in [3.63, 3.8) is 0 Å². The Bertz CT molecular complexity index is 1350. The van der Waals surface area contributed by atoms with Crippen LogP contribution in [0.4, 0.5) is 27.7 Å². The van der Waals surface area contributed by atoms with Gasteiger partial charge in [0, 0.05) is 25.2 Å². The molecule has 0 bridgehead atoms. The lowest BCUT2D eigenvalue weighted by Crippen LogP contribution is -2.13. The minimum Gasteiger partial charge on any atom is -0.324 e. The molecule has 154 valence electrons. The highest BCUT2D eigenvalue weighted by molar-refractivity contribution is 7.90. The highest BCUT2D eigenvalue weighted by Gasteiger charge is 2.16. The maximum atomic E-state index is 13.6. The molecule has 0 spiro atoms. The van der Waals surface area contributed by atoms with Gasteiger partial charge in [-0.05, 0) is 42.8 Å². The van der Waals surface area contributed by atoms with Gasteiger partial charge in [0.15, 0.2) is 21.3 Å². The number of hydrogen-bond acceptors (Lipinski definition) is 8. The van der Waals surface area contributed by atoms with Crippen LogP contribution in [0.5, 0.6) is 0 Å². The number of aryl methyl sites for hydroxylation is 1. The number of aromatic nitrogens is 5. The molecule has 11 heteroatoms. The monoisotopic (exact) mass is 427 g/mol. The zero-order chi connectivity index (χ0) is 21.5. The van der Waals surface area contributed by atoms with Crippen LogP contribution in [0, 0.1) is 12.7 Å². The van der Waals surface area contributed by atoms with E-state index in [0.29, 0.717) is 28.4 Å². The van der Waals surface area contributed by atoms with Crippen molar-refractivity contribution in [1.29, 1.82) is 0 Å². The molecule has 0 radical (unpaired) electrons. The van der Waals surface area contributed by atoms with Gasteiger partial charge in [-0.2, -0.15) is 10.1 Å². The fourth-order valence-corrected chi connectivity index (χ4v) is 3.73. The van der Waals surface area contributed by atoms with Crippen molar-refractivity contribution in [1.82, 2.24) is 25.1 Å². The molecule has 0 atom stereocenters. The zero-order valence-corrected chi connectivity index (χ0v) is 17.2. The van der Waals surface area contributed by atoms with Gasteiger partial charge in [-0.15, -0.1) is 0 Å². The number of sulfone groups is 1. The zero-order valence-electron chi connectivity index (χ0n) is 16.4. The SMILES string of the molecule is Cc1cc(Nc2nccc(N(C)c3n[nH]c4ncc(F)cc34)n2)cc(S(C)(=O)=O)c1. The van der Waals surface area contributed by atoms with Gasteiger partial charge in [0.25, 0.3) is 0 Å². The molecule has 30 heavy (non-hydrogen) atoms. The number of pyridine rings is 1. The van der Waals surface area contributed by atoms with E-state index in [0.717, 1.165) is 18.0 Å². The Kier molecular flexibility index (Phi) is 4.82. The molecule has 3 heterocycles. The number of halogens is 1. The van der Waals surface area contributed by atoms with Crippen molar-refractivity contribution >= 4 is 44.1 Å². The highest BCUT2D eigenvalue weighted by atomic mass is 32.2. The summed E-state index contributed by atoms with van der Waals surface area (Å²) in [6.07, 6.45) is 3.83. The Morgan fingerprint density at radius 1 is 1.17 bits per heavy atom.